The molecule has 2 nitrogen and oxygen atoms in total. The van der Waals surface area contributed by atoms with Crippen LogP contribution in [0.3, 0.4) is 0 Å². The van der Waals surface area contributed by atoms with Crippen LogP contribution in [-0.2, 0) is 8.85 Å². The number of halogens is 26. The number of alkyl halides is 26. The number of hydrogen-bond acceptors (Lipinski definition) is 2. The highest BCUT2D eigenvalue weighted by Crippen LogP contribution is 2.62. The Morgan fingerprint density at radius 2 is 0.519 bits per heavy atom. The van der Waals surface area contributed by atoms with Gasteiger partial charge in [-0.1, -0.05) is 0 Å². The van der Waals surface area contributed by atoms with E-state index in [0.717, 1.165) is 40.0 Å². The summed E-state index contributed by atoms with van der Waals surface area (Å²) in [6.45, 7) is 5.10. The molecule has 0 aromatic rings. The molecule has 0 spiro atoms. The van der Waals surface area contributed by atoms with Crippen molar-refractivity contribution in [3.8, 4) is 0 Å². The summed E-state index contributed by atoms with van der Waals surface area (Å²) in [6, 6.07) is -3.00. The zero-order chi connectivity index (χ0) is 44.4. The predicted molar refractivity (Wildman–Crippen MR) is 136 cm³/mol. The van der Waals surface area contributed by atoms with Crippen molar-refractivity contribution in [2.75, 3.05) is 0 Å². The minimum atomic E-state index is -8.14. The minimum Gasteiger partial charge on any atom is -0.412 e. The fourth-order valence-electron chi connectivity index (χ4n) is 4.15. The average Bonchev–Trinajstić information content (AvgIpc) is 2.92. The Balaban J connectivity index is 5.92. The summed E-state index contributed by atoms with van der Waals surface area (Å²) in [5.41, 5.74) is 0. The molecule has 0 unspecified atom stereocenters. The molecular formula is C24H28F26O2Si2. The van der Waals surface area contributed by atoms with Gasteiger partial charge in [0, 0.05) is 12.8 Å². The SMILES string of the molecule is C[C@H](O[Si](C)(C)CCC(F)(F)C(F)(F)C(F)(F)C(F)(F)C(F)(F)C(F)(F)F)[C@@H](C)O[Si](C)(C)CCC(F)(F)C(F)(F)C(F)(F)C(F)(F)C(F)(F)C(F)(F)F. The van der Waals surface area contributed by atoms with Gasteiger partial charge < -0.3 is 8.85 Å². The number of rotatable bonds is 19. The summed E-state index contributed by atoms with van der Waals surface area (Å²) in [7, 11) is -8.12. The van der Waals surface area contributed by atoms with E-state index in [-0.39, 0.29) is 0 Å². The van der Waals surface area contributed by atoms with E-state index in [0.29, 0.717) is 0 Å². The maximum Gasteiger partial charge on any atom is 0.460 e. The van der Waals surface area contributed by atoms with E-state index in [1.54, 1.807) is 0 Å². The van der Waals surface area contributed by atoms with Gasteiger partial charge in [-0.2, -0.15) is 114 Å². The van der Waals surface area contributed by atoms with Crippen molar-refractivity contribution in [2.24, 2.45) is 0 Å². The van der Waals surface area contributed by atoms with Crippen LogP contribution >= 0.6 is 0 Å². The van der Waals surface area contributed by atoms with Crippen LogP contribution in [0.1, 0.15) is 26.7 Å². The summed E-state index contributed by atoms with van der Waals surface area (Å²) in [4.78, 5) is 0. The van der Waals surface area contributed by atoms with Gasteiger partial charge in [-0.05, 0) is 52.1 Å². The Kier molecular flexibility index (Phi) is 14.3. The standard InChI is InChI=1S/C24H28F26O2Si2/c1-11(51-53(3,4)9-7-13(25,26)15(29,30)17(33,34)19(37,38)21(41,42)23(45,46)47)12(2)52-54(5,6)10-8-14(27,28)16(31,32)18(35,36)20(39,40)22(43,44)24(48,49)50/h11-12H,7-10H2,1-6H3/t11-,12+. The lowest BCUT2D eigenvalue weighted by Gasteiger charge is -2.41. The van der Waals surface area contributed by atoms with Crippen molar-refractivity contribution >= 4 is 16.6 Å². The van der Waals surface area contributed by atoms with Crippen LogP contribution < -0.4 is 0 Å². The molecule has 0 bridgehead atoms. The second-order valence-electron chi connectivity index (χ2n) is 13.2. The zero-order valence-corrected chi connectivity index (χ0v) is 29.6. The molecular weight excluding hydrogens is 870 g/mol. The molecule has 0 aliphatic rings. The Morgan fingerprint density at radius 1 is 0.333 bits per heavy atom. The van der Waals surface area contributed by atoms with Gasteiger partial charge in [0.1, 0.15) is 0 Å². The summed E-state index contributed by atoms with van der Waals surface area (Å²) in [5.74, 6) is -76.4. The Labute approximate surface area is 289 Å². The lowest BCUT2D eigenvalue weighted by molar-refractivity contribution is -0.440. The highest BCUT2D eigenvalue weighted by molar-refractivity contribution is 6.71. The number of hydrogen-bond donors (Lipinski definition) is 0. The van der Waals surface area contributed by atoms with E-state index in [2.05, 4.69) is 0 Å². The van der Waals surface area contributed by atoms with E-state index in [1.807, 2.05) is 0 Å². The quantitative estimate of drug-likeness (QED) is 0.0950. The zero-order valence-electron chi connectivity index (χ0n) is 27.6. The highest BCUT2D eigenvalue weighted by atomic mass is 28.4. The molecule has 0 aromatic carbocycles. The van der Waals surface area contributed by atoms with Crippen LogP contribution in [-0.4, -0.2) is 100 Å². The first-order chi connectivity index (χ1) is 22.9. The first-order valence-corrected chi connectivity index (χ1v) is 20.4. The van der Waals surface area contributed by atoms with Gasteiger partial charge in [0.05, 0.1) is 12.2 Å². The molecule has 0 heterocycles. The van der Waals surface area contributed by atoms with Crippen molar-refractivity contribution in [1.82, 2.24) is 0 Å². The summed E-state index contributed by atoms with van der Waals surface area (Å²) < 4.78 is 358. The normalized spacial score (nSPS) is 17.6. The van der Waals surface area contributed by atoms with Crippen LogP contribution in [0.15, 0.2) is 0 Å². The molecule has 0 radical (unpaired) electrons. The summed E-state index contributed by atoms with van der Waals surface area (Å²) in [5, 5.41) is 0. The van der Waals surface area contributed by atoms with Gasteiger partial charge in [-0.25, -0.2) is 0 Å². The predicted octanol–water partition coefficient (Wildman–Crippen LogP) is 12.5. The van der Waals surface area contributed by atoms with E-state index in [4.69, 9.17) is 8.85 Å². The fourth-order valence-corrected chi connectivity index (χ4v) is 8.61. The summed E-state index contributed by atoms with van der Waals surface area (Å²) in [6.07, 6.45) is -23.7. The molecule has 0 saturated carbocycles. The van der Waals surface area contributed by atoms with Crippen molar-refractivity contribution in [3.63, 3.8) is 0 Å². The lowest BCUT2D eigenvalue weighted by atomic mass is 9.93. The Morgan fingerprint density at radius 3 is 0.704 bits per heavy atom. The van der Waals surface area contributed by atoms with Gasteiger partial charge >= 0.3 is 71.6 Å². The van der Waals surface area contributed by atoms with Crippen LogP contribution in [0.5, 0.6) is 0 Å². The maximum absolute atomic E-state index is 14.2. The monoisotopic (exact) mass is 898 g/mol. The fraction of sp³-hybridized carbons (Fsp3) is 1.00. The second kappa shape index (κ2) is 14.7. The lowest BCUT2D eigenvalue weighted by Crippen LogP contribution is -2.70. The van der Waals surface area contributed by atoms with Gasteiger partial charge in [-0.3, -0.25) is 0 Å². The van der Waals surface area contributed by atoms with Crippen LogP contribution in [0.2, 0.25) is 38.3 Å². The van der Waals surface area contributed by atoms with Gasteiger partial charge in [0.15, 0.2) is 16.6 Å². The molecule has 30 heteroatoms. The van der Waals surface area contributed by atoms with Crippen molar-refractivity contribution in [2.45, 2.75) is 149 Å². The highest BCUT2D eigenvalue weighted by Gasteiger charge is 2.92. The molecule has 0 fully saturated rings. The molecule has 0 aliphatic carbocycles. The smallest absolute Gasteiger partial charge is 0.412 e. The van der Waals surface area contributed by atoms with Gasteiger partial charge in [-0.15, -0.1) is 0 Å². The Hall–Kier alpha value is -1.47. The first kappa shape index (κ1) is 52.5. The van der Waals surface area contributed by atoms with Crippen LogP contribution in [0.4, 0.5) is 114 Å². The van der Waals surface area contributed by atoms with E-state index in [1.165, 1.54) is 0 Å². The third kappa shape index (κ3) is 9.13. The molecule has 2 atom stereocenters. The molecule has 0 aromatic heterocycles. The van der Waals surface area contributed by atoms with E-state index >= 15 is 0 Å². The third-order valence-electron chi connectivity index (χ3n) is 7.75. The van der Waals surface area contributed by atoms with Gasteiger partial charge in [0.25, 0.3) is 0 Å². The van der Waals surface area contributed by atoms with Gasteiger partial charge in [0.2, 0.25) is 0 Å². The topological polar surface area (TPSA) is 18.5 Å². The molecule has 326 valence electrons. The molecule has 0 N–H and O–H groups in total. The largest absolute Gasteiger partial charge is 0.460 e. The Bertz CT molecular complexity index is 1180. The average molecular weight is 899 g/mol. The molecule has 0 aliphatic heterocycles. The van der Waals surface area contributed by atoms with Crippen LogP contribution in [0, 0.1) is 0 Å². The maximum atomic E-state index is 14.2. The van der Waals surface area contributed by atoms with Crippen molar-refractivity contribution in [3.05, 3.63) is 0 Å². The third-order valence-corrected chi connectivity index (χ3v) is 12.7. The minimum absolute atomic E-state index is 0.818. The second-order valence-corrected chi connectivity index (χ2v) is 21.7. The summed E-state index contributed by atoms with van der Waals surface area (Å²) >= 11 is 0. The van der Waals surface area contributed by atoms with E-state index < -0.39 is 125 Å². The molecule has 54 heavy (non-hydrogen) atoms. The van der Waals surface area contributed by atoms with Crippen molar-refractivity contribution in [1.29, 1.82) is 0 Å². The first-order valence-electron chi connectivity index (χ1n) is 14.2. The van der Waals surface area contributed by atoms with Crippen molar-refractivity contribution < 1.29 is 123 Å². The van der Waals surface area contributed by atoms with Crippen LogP contribution in [0.25, 0.3) is 0 Å². The molecule has 0 amide bonds. The molecule has 0 saturated heterocycles. The van der Waals surface area contributed by atoms with E-state index in [9.17, 15) is 114 Å². The molecule has 0 rings (SSSR count).